The van der Waals surface area contributed by atoms with Gasteiger partial charge in [-0.15, -0.1) is 0 Å². The van der Waals surface area contributed by atoms with Gasteiger partial charge < -0.3 is 0 Å². The first-order valence-corrected chi connectivity index (χ1v) is 9.57. The van der Waals surface area contributed by atoms with E-state index in [1.807, 2.05) is 30.3 Å². The molecule has 0 saturated carbocycles. The molecule has 0 aromatic heterocycles. The van der Waals surface area contributed by atoms with Gasteiger partial charge in [-0.3, -0.25) is 4.79 Å². The van der Waals surface area contributed by atoms with Gasteiger partial charge in [0.2, 0.25) is 0 Å². The van der Waals surface area contributed by atoms with Gasteiger partial charge in [-0.2, -0.15) is 0 Å². The first-order valence-electron chi connectivity index (χ1n) is 5.18. The van der Waals surface area contributed by atoms with Crippen LogP contribution in [-0.2, 0) is 4.79 Å². The molecule has 3 heteroatoms. The zero-order chi connectivity index (χ0) is 11.5. The van der Waals surface area contributed by atoms with Crippen LogP contribution in [0.25, 0.3) is 0 Å². The summed E-state index contributed by atoms with van der Waals surface area (Å²) in [6.07, 6.45) is 0. The molecule has 0 spiro atoms. The molecular formula is C12H18OSSi. The molecule has 82 valence electrons. The van der Waals surface area contributed by atoms with Gasteiger partial charge >= 0.3 is 0 Å². The van der Waals surface area contributed by atoms with Crippen molar-refractivity contribution in [3.8, 4) is 0 Å². The Morgan fingerprint density at radius 1 is 1.20 bits per heavy atom. The highest BCUT2D eigenvalue weighted by molar-refractivity contribution is 8.14. The predicted molar refractivity (Wildman–Crippen MR) is 70.1 cm³/mol. The summed E-state index contributed by atoms with van der Waals surface area (Å²) in [5.41, 5.74) is 0.211. The van der Waals surface area contributed by atoms with Crippen LogP contribution in [0.15, 0.2) is 35.2 Å². The molecule has 1 aromatic carbocycles. The van der Waals surface area contributed by atoms with Crippen LogP contribution in [0.4, 0.5) is 0 Å². The van der Waals surface area contributed by atoms with E-state index < -0.39 is 8.07 Å². The standard InChI is InChI=1S/C12H18OSSi/c1-10(15(2,3)4)12(13)14-11-8-6-5-7-9-11/h5-10H,1-4H3. The van der Waals surface area contributed by atoms with Crippen LogP contribution in [0.2, 0.25) is 25.2 Å². The van der Waals surface area contributed by atoms with Gasteiger partial charge in [-0.25, -0.2) is 0 Å². The van der Waals surface area contributed by atoms with Crippen molar-refractivity contribution in [2.24, 2.45) is 0 Å². The lowest BCUT2D eigenvalue weighted by Gasteiger charge is -2.23. The monoisotopic (exact) mass is 238 g/mol. The quantitative estimate of drug-likeness (QED) is 0.584. The average molecular weight is 238 g/mol. The first-order chi connectivity index (χ1) is 6.91. The van der Waals surface area contributed by atoms with Crippen LogP contribution < -0.4 is 0 Å². The lowest BCUT2D eigenvalue weighted by Crippen LogP contribution is -2.30. The number of hydrogen-bond acceptors (Lipinski definition) is 2. The van der Waals surface area contributed by atoms with Crippen LogP contribution in [0.5, 0.6) is 0 Å². The second-order valence-corrected chi connectivity index (χ2v) is 11.5. The van der Waals surface area contributed by atoms with Crippen molar-refractivity contribution >= 4 is 25.0 Å². The molecule has 0 saturated heterocycles. The molecule has 0 amide bonds. The smallest absolute Gasteiger partial charge is 0.193 e. The van der Waals surface area contributed by atoms with E-state index in [1.54, 1.807) is 0 Å². The number of carbonyl (C=O) groups excluding carboxylic acids is 1. The highest BCUT2D eigenvalue weighted by Crippen LogP contribution is 2.30. The number of carbonyl (C=O) groups is 1. The number of rotatable bonds is 3. The van der Waals surface area contributed by atoms with E-state index in [2.05, 4.69) is 26.6 Å². The van der Waals surface area contributed by atoms with Crippen molar-refractivity contribution < 1.29 is 4.79 Å². The zero-order valence-electron chi connectivity index (χ0n) is 9.78. The zero-order valence-corrected chi connectivity index (χ0v) is 11.6. The van der Waals surface area contributed by atoms with Gasteiger partial charge in [0.25, 0.3) is 0 Å². The van der Waals surface area contributed by atoms with Crippen molar-refractivity contribution in [1.29, 1.82) is 0 Å². The van der Waals surface area contributed by atoms with Crippen LogP contribution >= 0.6 is 11.8 Å². The van der Waals surface area contributed by atoms with Crippen LogP contribution in [0.3, 0.4) is 0 Å². The maximum atomic E-state index is 12.0. The van der Waals surface area contributed by atoms with Gasteiger partial charge in [-0.05, 0) is 12.1 Å². The Hall–Kier alpha value is -0.543. The largest absolute Gasteiger partial charge is 0.287 e. The Labute approximate surface area is 97.3 Å². The number of hydrogen-bond donors (Lipinski definition) is 0. The molecule has 15 heavy (non-hydrogen) atoms. The third-order valence-electron chi connectivity index (χ3n) is 2.61. The topological polar surface area (TPSA) is 17.1 Å². The number of thioether (sulfide) groups is 1. The van der Waals surface area contributed by atoms with Crippen molar-refractivity contribution in [1.82, 2.24) is 0 Å². The molecule has 1 aromatic rings. The van der Waals surface area contributed by atoms with E-state index in [9.17, 15) is 4.79 Å². The minimum atomic E-state index is -1.35. The predicted octanol–water partition coefficient (Wildman–Crippen LogP) is 4.03. The molecule has 0 aliphatic carbocycles. The van der Waals surface area contributed by atoms with E-state index in [0.29, 0.717) is 5.12 Å². The molecule has 0 aliphatic rings. The number of benzene rings is 1. The van der Waals surface area contributed by atoms with Crippen LogP contribution in [0, 0.1) is 0 Å². The Bertz CT molecular complexity index is 329. The molecule has 1 nitrogen and oxygen atoms in total. The van der Waals surface area contributed by atoms with E-state index in [-0.39, 0.29) is 5.54 Å². The maximum absolute atomic E-state index is 12.0. The van der Waals surface area contributed by atoms with Crippen molar-refractivity contribution in [2.45, 2.75) is 37.0 Å². The summed E-state index contributed by atoms with van der Waals surface area (Å²) in [6, 6.07) is 9.87. The fraction of sp³-hybridized carbons (Fsp3) is 0.417. The SMILES string of the molecule is CC(C(=O)Sc1ccccc1)[Si](C)(C)C. The minimum absolute atomic E-state index is 0.211. The maximum Gasteiger partial charge on any atom is 0.193 e. The molecule has 0 heterocycles. The van der Waals surface area contributed by atoms with Gasteiger partial charge in [0.15, 0.2) is 5.12 Å². The normalized spacial score (nSPS) is 13.6. The second kappa shape index (κ2) is 4.99. The molecular weight excluding hydrogens is 220 g/mol. The van der Waals surface area contributed by atoms with Crippen molar-refractivity contribution in [2.75, 3.05) is 0 Å². The van der Waals surface area contributed by atoms with Gasteiger partial charge in [0.1, 0.15) is 0 Å². The fourth-order valence-electron chi connectivity index (χ4n) is 1.05. The highest BCUT2D eigenvalue weighted by Gasteiger charge is 2.28. The summed E-state index contributed by atoms with van der Waals surface area (Å²) >= 11 is 1.37. The van der Waals surface area contributed by atoms with Gasteiger partial charge in [-0.1, -0.05) is 56.5 Å². The summed E-state index contributed by atoms with van der Waals surface area (Å²) in [5.74, 6) is 0. The lowest BCUT2D eigenvalue weighted by atomic mass is 10.4. The van der Waals surface area contributed by atoms with Crippen LogP contribution in [-0.4, -0.2) is 13.2 Å². The second-order valence-electron chi connectivity index (χ2n) is 4.82. The van der Waals surface area contributed by atoms with E-state index in [0.717, 1.165) is 4.90 Å². The Balaban J connectivity index is 2.65. The summed E-state index contributed by atoms with van der Waals surface area (Å²) in [7, 11) is -1.35. The third-order valence-corrected chi connectivity index (χ3v) is 6.75. The molecule has 1 unspecified atom stereocenters. The van der Waals surface area contributed by atoms with Crippen molar-refractivity contribution in [3.05, 3.63) is 30.3 Å². The fourth-order valence-corrected chi connectivity index (χ4v) is 3.69. The summed E-state index contributed by atoms with van der Waals surface area (Å²) in [4.78, 5) is 13.0. The van der Waals surface area contributed by atoms with Crippen LogP contribution in [0.1, 0.15) is 6.92 Å². The van der Waals surface area contributed by atoms with Gasteiger partial charge in [0, 0.05) is 10.4 Å². The molecule has 0 N–H and O–H groups in total. The average Bonchev–Trinajstić information content (AvgIpc) is 2.16. The third kappa shape index (κ3) is 3.84. The summed E-state index contributed by atoms with van der Waals surface area (Å²) in [5, 5.41) is 0.306. The van der Waals surface area contributed by atoms with E-state index in [4.69, 9.17) is 0 Å². The first kappa shape index (κ1) is 12.5. The molecule has 0 radical (unpaired) electrons. The summed E-state index contributed by atoms with van der Waals surface area (Å²) < 4.78 is 0. The lowest BCUT2D eigenvalue weighted by molar-refractivity contribution is -0.110. The van der Waals surface area contributed by atoms with E-state index >= 15 is 0 Å². The van der Waals surface area contributed by atoms with Crippen molar-refractivity contribution in [3.63, 3.8) is 0 Å². The Morgan fingerprint density at radius 2 is 1.73 bits per heavy atom. The van der Waals surface area contributed by atoms with E-state index in [1.165, 1.54) is 11.8 Å². The highest BCUT2D eigenvalue weighted by atomic mass is 32.2. The molecule has 0 aliphatic heterocycles. The summed E-state index contributed by atoms with van der Waals surface area (Å²) in [6.45, 7) is 8.77. The minimum Gasteiger partial charge on any atom is -0.287 e. The molecule has 1 rings (SSSR count). The van der Waals surface area contributed by atoms with Gasteiger partial charge in [0.05, 0.1) is 8.07 Å². The molecule has 1 atom stereocenters. The molecule has 0 bridgehead atoms. The molecule has 0 fully saturated rings. The Morgan fingerprint density at radius 3 is 2.20 bits per heavy atom. The Kier molecular flexibility index (Phi) is 4.17.